The van der Waals surface area contributed by atoms with Crippen molar-refractivity contribution >= 4 is 39.2 Å². The molecule has 0 spiro atoms. The van der Waals surface area contributed by atoms with Crippen LogP contribution in [0.1, 0.15) is 53.4 Å². The molecule has 0 aromatic heterocycles. The van der Waals surface area contributed by atoms with E-state index in [1.807, 2.05) is 0 Å². The van der Waals surface area contributed by atoms with E-state index >= 15 is 0 Å². The van der Waals surface area contributed by atoms with Crippen molar-refractivity contribution in [1.82, 2.24) is 0 Å². The van der Waals surface area contributed by atoms with E-state index in [-0.39, 0.29) is 64.8 Å². The SMILES string of the molecule is [B]CC(CO)COP(=O)(O)OC(C)(CC)CCOP(=O)(O)OC(C)(CC)CC(C[B])COP(=O)(O)O. The Bertz CT molecular complexity index is 781. The predicted octanol–water partition coefficient (Wildman–Crippen LogP) is 2.88. The van der Waals surface area contributed by atoms with E-state index in [1.54, 1.807) is 13.8 Å². The minimum atomic E-state index is -4.71. The third kappa shape index (κ3) is 15.7. The van der Waals surface area contributed by atoms with Gasteiger partial charge in [0.05, 0.1) is 46.7 Å². The highest BCUT2D eigenvalue weighted by atomic mass is 31.2. The molecule has 6 atom stereocenters. The second-order valence-corrected chi connectivity index (χ2v) is 13.0. The molecule has 0 heterocycles. The van der Waals surface area contributed by atoms with Crippen molar-refractivity contribution in [2.45, 2.75) is 77.2 Å². The van der Waals surface area contributed by atoms with Crippen molar-refractivity contribution in [3.05, 3.63) is 0 Å². The van der Waals surface area contributed by atoms with Crippen molar-refractivity contribution in [2.24, 2.45) is 11.8 Å². The van der Waals surface area contributed by atoms with Gasteiger partial charge in [0, 0.05) is 13.0 Å². The average molecular weight is 578 g/mol. The van der Waals surface area contributed by atoms with E-state index in [0.29, 0.717) is 0 Å². The van der Waals surface area contributed by atoms with Gasteiger partial charge in [0.15, 0.2) is 0 Å². The van der Waals surface area contributed by atoms with Gasteiger partial charge >= 0.3 is 23.5 Å². The smallest absolute Gasteiger partial charge is 0.396 e. The number of aliphatic hydroxyl groups is 1. The Morgan fingerprint density at radius 3 is 1.69 bits per heavy atom. The van der Waals surface area contributed by atoms with Gasteiger partial charge in [-0.3, -0.25) is 22.6 Å². The maximum absolute atomic E-state index is 12.6. The highest BCUT2D eigenvalue weighted by molar-refractivity contribution is 7.47. The molecule has 4 radical (unpaired) electrons. The molecule has 0 bridgehead atoms. The number of phosphoric ester groups is 3. The van der Waals surface area contributed by atoms with Crippen LogP contribution in [-0.4, -0.2) is 78.0 Å². The predicted molar refractivity (Wildman–Crippen MR) is 134 cm³/mol. The topological polar surface area (TPSA) is 199 Å². The van der Waals surface area contributed by atoms with Crippen molar-refractivity contribution < 1.29 is 61.0 Å². The molecule has 0 aliphatic heterocycles. The summed E-state index contributed by atoms with van der Waals surface area (Å²) in [6.45, 7) is 5.00. The highest BCUT2D eigenvalue weighted by Gasteiger charge is 2.39. The van der Waals surface area contributed by atoms with Crippen LogP contribution in [0.4, 0.5) is 0 Å². The zero-order valence-electron chi connectivity index (χ0n) is 21.2. The zero-order chi connectivity index (χ0) is 28.3. The molecule has 0 saturated heterocycles. The number of hydrogen-bond donors (Lipinski definition) is 5. The largest absolute Gasteiger partial charge is 0.472 e. The van der Waals surface area contributed by atoms with E-state index in [4.69, 9.17) is 48.7 Å². The summed E-state index contributed by atoms with van der Waals surface area (Å²) < 4.78 is 60.9. The molecule has 0 aromatic rings. The van der Waals surface area contributed by atoms with Gasteiger partial charge in [0.1, 0.15) is 0 Å². The molecule has 0 amide bonds. The fourth-order valence-corrected chi connectivity index (χ4v) is 5.71. The molecule has 210 valence electrons. The molecular formula is C18H39B2O13P3. The first kappa shape index (κ1) is 36.4. The molecule has 0 aromatic carbocycles. The Labute approximate surface area is 215 Å². The zero-order valence-corrected chi connectivity index (χ0v) is 23.9. The summed E-state index contributed by atoms with van der Waals surface area (Å²) in [4.78, 5) is 38.0. The van der Waals surface area contributed by atoms with E-state index in [9.17, 15) is 23.5 Å². The molecule has 5 N–H and O–H groups in total. The molecule has 0 rings (SSSR count). The number of hydrogen-bond acceptors (Lipinski definition) is 9. The second-order valence-electron chi connectivity index (χ2n) is 8.98. The fourth-order valence-electron chi connectivity index (χ4n) is 2.94. The normalized spacial score (nSPS) is 21.0. The van der Waals surface area contributed by atoms with Crippen LogP contribution >= 0.6 is 23.5 Å². The summed E-state index contributed by atoms with van der Waals surface area (Å²) in [7, 11) is -2.81. The van der Waals surface area contributed by atoms with Gasteiger partial charge in [0.25, 0.3) is 0 Å². The Hall–Kier alpha value is 0.420. The molecule has 0 aliphatic carbocycles. The van der Waals surface area contributed by atoms with E-state index < -0.39 is 46.5 Å². The number of phosphoric acid groups is 3. The van der Waals surface area contributed by atoms with Crippen LogP contribution in [0, 0.1) is 11.8 Å². The summed E-state index contributed by atoms with van der Waals surface area (Å²) >= 11 is 0. The van der Waals surface area contributed by atoms with Crippen molar-refractivity contribution in [2.75, 3.05) is 26.4 Å². The van der Waals surface area contributed by atoms with Gasteiger partial charge in [-0.1, -0.05) is 26.5 Å². The van der Waals surface area contributed by atoms with Gasteiger partial charge in [0.2, 0.25) is 0 Å². The highest BCUT2D eigenvalue weighted by Crippen LogP contribution is 2.52. The molecule has 6 unspecified atom stereocenters. The van der Waals surface area contributed by atoms with Gasteiger partial charge in [-0.25, -0.2) is 13.7 Å². The first-order valence-corrected chi connectivity index (χ1v) is 16.0. The number of aliphatic hydroxyl groups excluding tert-OH is 1. The average Bonchev–Trinajstić information content (AvgIpc) is 2.75. The van der Waals surface area contributed by atoms with Crippen LogP contribution in [0.3, 0.4) is 0 Å². The monoisotopic (exact) mass is 578 g/mol. The van der Waals surface area contributed by atoms with Crippen LogP contribution in [-0.2, 0) is 36.3 Å². The lowest BCUT2D eigenvalue weighted by atomic mass is 9.82. The fraction of sp³-hybridized carbons (Fsp3) is 1.00. The summed E-state index contributed by atoms with van der Waals surface area (Å²) in [6.07, 6.45) is 0.468. The molecule has 0 fully saturated rings. The first-order valence-electron chi connectivity index (χ1n) is 11.4. The van der Waals surface area contributed by atoms with Crippen LogP contribution in [0.25, 0.3) is 0 Å². The second kappa shape index (κ2) is 15.9. The quantitative estimate of drug-likeness (QED) is 0.0986. The lowest BCUT2D eigenvalue weighted by Gasteiger charge is -2.34. The molecule has 36 heavy (non-hydrogen) atoms. The number of rotatable bonds is 21. The van der Waals surface area contributed by atoms with E-state index in [0.717, 1.165) is 0 Å². The van der Waals surface area contributed by atoms with E-state index in [2.05, 4.69) is 4.52 Å². The Morgan fingerprint density at radius 1 is 0.778 bits per heavy atom. The lowest BCUT2D eigenvalue weighted by Crippen LogP contribution is -2.32. The molecule has 18 heteroatoms. The van der Waals surface area contributed by atoms with Gasteiger partial charge in [-0.05, 0) is 44.9 Å². The summed E-state index contributed by atoms with van der Waals surface area (Å²) in [6, 6.07) is 0. The van der Waals surface area contributed by atoms with Crippen LogP contribution in [0.5, 0.6) is 0 Å². The summed E-state index contributed by atoms with van der Waals surface area (Å²) in [5, 5.41) is 9.12. The van der Waals surface area contributed by atoms with Crippen molar-refractivity contribution in [3.8, 4) is 0 Å². The molecular weight excluding hydrogens is 539 g/mol. The third-order valence-corrected chi connectivity index (χ3v) is 8.46. The van der Waals surface area contributed by atoms with Crippen LogP contribution in [0.2, 0.25) is 12.6 Å². The van der Waals surface area contributed by atoms with E-state index in [1.165, 1.54) is 13.8 Å². The van der Waals surface area contributed by atoms with Crippen molar-refractivity contribution in [3.63, 3.8) is 0 Å². The van der Waals surface area contributed by atoms with Crippen molar-refractivity contribution in [1.29, 1.82) is 0 Å². The summed E-state index contributed by atoms with van der Waals surface area (Å²) in [5.41, 5.74) is -2.50. The maximum Gasteiger partial charge on any atom is 0.472 e. The first-order chi connectivity index (χ1) is 16.4. The van der Waals surface area contributed by atoms with Crippen LogP contribution < -0.4 is 0 Å². The Balaban J connectivity index is 5.04. The minimum absolute atomic E-state index is 0.0185. The molecule has 0 aliphatic rings. The Kier molecular flexibility index (Phi) is 16.1. The third-order valence-electron chi connectivity index (χ3n) is 5.65. The Morgan fingerprint density at radius 2 is 1.25 bits per heavy atom. The maximum atomic E-state index is 12.6. The summed E-state index contributed by atoms with van der Waals surface area (Å²) in [5.74, 6) is -1.12. The van der Waals surface area contributed by atoms with Gasteiger partial charge < -0.3 is 24.7 Å². The van der Waals surface area contributed by atoms with Gasteiger partial charge in [-0.2, -0.15) is 0 Å². The van der Waals surface area contributed by atoms with Gasteiger partial charge in [-0.15, -0.1) is 0 Å². The minimum Gasteiger partial charge on any atom is -0.396 e. The van der Waals surface area contributed by atoms with Crippen LogP contribution in [0.15, 0.2) is 0 Å². The lowest BCUT2D eigenvalue weighted by molar-refractivity contribution is -0.00774. The standard InChI is InChI=1S/C18H39B2O13P3/c1-5-17(3,32-36(27,28)31-14-16(11-20)12-21)7-8-29-35(25,26)33-18(4,6-2)9-15(10-19)13-30-34(22,23)24/h15-16,21H,5-14H2,1-4H3,(H,25,26)(H,27,28)(H2,22,23,24). The molecule has 13 nitrogen and oxygen atoms in total. The molecule has 0 saturated carbocycles.